The van der Waals surface area contributed by atoms with Crippen LogP contribution < -0.4 is 5.32 Å². The smallest absolute Gasteiger partial charge is 0.253 e. The van der Waals surface area contributed by atoms with Gasteiger partial charge >= 0.3 is 0 Å². The number of amides is 1. The van der Waals surface area contributed by atoms with Gasteiger partial charge in [-0.25, -0.2) is 8.42 Å². The van der Waals surface area contributed by atoms with Gasteiger partial charge in [-0.2, -0.15) is 9.57 Å². The summed E-state index contributed by atoms with van der Waals surface area (Å²) in [7, 11) is -2.35. The number of rotatable bonds is 3. The highest BCUT2D eigenvalue weighted by Gasteiger charge is 2.38. The molecule has 1 unspecified atom stereocenters. The van der Waals surface area contributed by atoms with Gasteiger partial charge in [0.15, 0.2) is 0 Å². The minimum atomic E-state index is -3.80. The molecule has 1 aromatic rings. The summed E-state index contributed by atoms with van der Waals surface area (Å²) in [5.74, 6) is -0.412. The average molecular weight is 315 g/mol. The molecule has 1 aliphatic rings. The summed E-state index contributed by atoms with van der Waals surface area (Å²) in [6.07, 6.45) is 0. The van der Waals surface area contributed by atoms with E-state index in [9.17, 15) is 13.2 Å². The zero-order valence-corrected chi connectivity index (χ0v) is 12.3. The van der Waals surface area contributed by atoms with Gasteiger partial charge in [-0.1, -0.05) is 0 Å². The lowest BCUT2D eigenvalue weighted by Gasteiger charge is -2.32. The second kappa shape index (κ2) is 5.88. The first kappa shape index (κ1) is 14.9. The van der Waals surface area contributed by atoms with Gasteiger partial charge in [0.25, 0.3) is 10.0 Å². The zero-order chi connectivity index (χ0) is 14.8. The molecule has 2 rings (SSSR count). The Bertz CT molecular complexity index is 647. The highest BCUT2D eigenvalue weighted by atomic mass is 32.2. The van der Waals surface area contributed by atoms with Crippen molar-refractivity contribution in [1.29, 1.82) is 5.26 Å². The molecule has 0 aliphatic carbocycles. The summed E-state index contributed by atoms with van der Waals surface area (Å²) in [6.45, 7) is 0.374. The van der Waals surface area contributed by atoms with Gasteiger partial charge in [-0.05, 0) is 12.1 Å². The molecule has 2 heterocycles. The molecular formula is C11H13N3O4S2. The number of thiophene rings is 1. The Morgan fingerprint density at radius 2 is 2.35 bits per heavy atom. The fourth-order valence-electron chi connectivity index (χ4n) is 1.88. The van der Waals surface area contributed by atoms with E-state index in [0.29, 0.717) is 4.88 Å². The molecule has 9 heteroatoms. The number of carbonyl (C=O) groups is 1. The minimum Gasteiger partial charge on any atom is -0.378 e. The Morgan fingerprint density at radius 3 is 2.95 bits per heavy atom. The summed E-state index contributed by atoms with van der Waals surface area (Å²) < 4.78 is 31.4. The average Bonchev–Trinajstić information content (AvgIpc) is 2.96. The number of hydrogen-bond acceptors (Lipinski definition) is 6. The van der Waals surface area contributed by atoms with E-state index in [-0.39, 0.29) is 24.0 Å². The lowest BCUT2D eigenvalue weighted by Crippen LogP contribution is -2.55. The van der Waals surface area contributed by atoms with E-state index in [0.717, 1.165) is 15.6 Å². The molecule has 1 atom stereocenters. The van der Waals surface area contributed by atoms with Crippen molar-refractivity contribution < 1.29 is 17.9 Å². The van der Waals surface area contributed by atoms with Crippen LogP contribution in [0.5, 0.6) is 0 Å². The third-order valence-electron chi connectivity index (χ3n) is 2.88. The van der Waals surface area contributed by atoms with Crippen molar-refractivity contribution in [2.75, 3.05) is 26.8 Å². The van der Waals surface area contributed by atoms with Crippen LogP contribution in [0.4, 0.5) is 0 Å². The van der Waals surface area contributed by atoms with Crippen LogP contribution >= 0.6 is 11.3 Å². The molecule has 0 spiro atoms. The van der Waals surface area contributed by atoms with Crippen LogP contribution in [-0.4, -0.2) is 51.5 Å². The fourth-order valence-corrected chi connectivity index (χ4v) is 4.67. The van der Waals surface area contributed by atoms with Gasteiger partial charge < -0.3 is 10.1 Å². The second-order valence-corrected chi connectivity index (χ2v) is 7.25. The van der Waals surface area contributed by atoms with Crippen LogP contribution in [0, 0.1) is 11.3 Å². The van der Waals surface area contributed by atoms with Crippen LogP contribution in [0.3, 0.4) is 0 Å². The maximum atomic E-state index is 12.5. The van der Waals surface area contributed by atoms with Crippen molar-refractivity contribution in [3.63, 3.8) is 0 Å². The van der Waals surface area contributed by atoms with E-state index in [1.54, 1.807) is 0 Å². The standard InChI is InChI=1S/C11H13N3O4S2/c1-13-11(15)9-7-18-5-4-14(9)20(16,17)10-3-2-8(6-12)19-10/h2-3,9H,4-5,7H2,1H3,(H,13,15). The summed E-state index contributed by atoms with van der Waals surface area (Å²) >= 11 is 0.892. The molecule has 1 aliphatic heterocycles. The van der Waals surface area contributed by atoms with Crippen molar-refractivity contribution in [3.05, 3.63) is 17.0 Å². The van der Waals surface area contributed by atoms with Crippen LogP contribution in [0.1, 0.15) is 4.88 Å². The van der Waals surface area contributed by atoms with Gasteiger partial charge in [0.1, 0.15) is 21.2 Å². The van der Waals surface area contributed by atoms with E-state index < -0.39 is 22.0 Å². The number of hydrogen-bond donors (Lipinski definition) is 1. The number of nitrogens with one attached hydrogen (secondary N) is 1. The molecule has 1 fully saturated rings. The molecule has 0 bridgehead atoms. The van der Waals surface area contributed by atoms with Crippen LogP contribution in [-0.2, 0) is 19.6 Å². The van der Waals surface area contributed by atoms with Crippen LogP contribution in [0.15, 0.2) is 16.3 Å². The third kappa shape index (κ3) is 2.69. The quantitative estimate of drug-likeness (QED) is 0.829. The maximum absolute atomic E-state index is 12.5. The van der Waals surface area contributed by atoms with Crippen molar-refractivity contribution >= 4 is 27.3 Å². The molecule has 0 radical (unpaired) electrons. The van der Waals surface area contributed by atoms with E-state index in [2.05, 4.69) is 5.32 Å². The molecule has 1 aromatic heterocycles. The van der Waals surface area contributed by atoms with Crippen molar-refractivity contribution in [2.24, 2.45) is 0 Å². The predicted molar refractivity (Wildman–Crippen MR) is 71.6 cm³/mol. The maximum Gasteiger partial charge on any atom is 0.253 e. The van der Waals surface area contributed by atoms with Crippen molar-refractivity contribution in [3.8, 4) is 6.07 Å². The van der Waals surface area contributed by atoms with Gasteiger partial charge in [0.2, 0.25) is 5.91 Å². The zero-order valence-electron chi connectivity index (χ0n) is 10.7. The Balaban J connectivity index is 2.35. The molecule has 1 N–H and O–H groups in total. The molecule has 1 amide bonds. The fraction of sp³-hybridized carbons (Fsp3) is 0.455. The monoisotopic (exact) mass is 315 g/mol. The Morgan fingerprint density at radius 1 is 1.60 bits per heavy atom. The summed E-state index contributed by atoms with van der Waals surface area (Å²) in [5.41, 5.74) is 0. The number of sulfonamides is 1. The van der Waals surface area contributed by atoms with Gasteiger partial charge in [-0.15, -0.1) is 11.3 Å². The number of carbonyl (C=O) groups excluding carboxylic acids is 1. The highest BCUT2D eigenvalue weighted by Crippen LogP contribution is 2.26. The van der Waals surface area contributed by atoms with Gasteiger partial charge in [0.05, 0.1) is 13.2 Å². The largest absolute Gasteiger partial charge is 0.378 e. The molecular weight excluding hydrogens is 302 g/mol. The summed E-state index contributed by atoms with van der Waals surface area (Å²) in [4.78, 5) is 12.1. The lowest BCUT2D eigenvalue weighted by molar-refractivity contribution is -0.128. The number of nitrogens with zero attached hydrogens (tertiary/aromatic N) is 2. The van der Waals surface area contributed by atoms with Crippen molar-refractivity contribution in [2.45, 2.75) is 10.3 Å². The van der Waals surface area contributed by atoms with E-state index >= 15 is 0 Å². The first-order chi connectivity index (χ1) is 9.50. The second-order valence-electron chi connectivity index (χ2n) is 4.05. The molecule has 0 saturated carbocycles. The number of ether oxygens (including phenoxy) is 1. The lowest BCUT2D eigenvalue weighted by atomic mass is 10.2. The molecule has 7 nitrogen and oxygen atoms in total. The first-order valence-electron chi connectivity index (χ1n) is 5.82. The van der Waals surface area contributed by atoms with Crippen molar-refractivity contribution in [1.82, 2.24) is 9.62 Å². The SMILES string of the molecule is CNC(=O)C1COCCN1S(=O)(=O)c1ccc(C#N)s1. The first-order valence-corrected chi connectivity index (χ1v) is 8.07. The Hall–Kier alpha value is -1.47. The number of likely N-dealkylation sites (N-methyl/N-ethyl adjacent to an activating group) is 1. The minimum absolute atomic E-state index is 0.0232. The molecule has 0 aromatic carbocycles. The number of nitriles is 1. The molecule has 1 saturated heterocycles. The summed E-state index contributed by atoms with van der Waals surface area (Å²) in [6, 6.07) is 3.85. The van der Waals surface area contributed by atoms with Crippen LogP contribution in [0.2, 0.25) is 0 Å². The topological polar surface area (TPSA) is 99.5 Å². The molecule has 20 heavy (non-hydrogen) atoms. The Labute approximate surface area is 120 Å². The van der Waals surface area contributed by atoms with Crippen LogP contribution in [0.25, 0.3) is 0 Å². The third-order valence-corrected chi connectivity index (χ3v) is 6.25. The van der Waals surface area contributed by atoms with E-state index in [1.165, 1.54) is 19.2 Å². The highest BCUT2D eigenvalue weighted by molar-refractivity contribution is 7.91. The summed E-state index contributed by atoms with van der Waals surface area (Å²) in [5, 5.41) is 11.2. The molecule has 108 valence electrons. The van der Waals surface area contributed by atoms with Gasteiger partial charge in [0, 0.05) is 13.6 Å². The normalized spacial score (nSPS) is 20.3. The van der Waals surface area contributed by atoms with E-state index in [4.69, 9.17) is 10.00 Å². The van der Waals surface area contributed by atoms with Gasteiger partial charge in [-0.3, -0.25) is 4.79 Å². The van der Waals surface area contributed by atoms with E-state index in [1.807, 2.05) is 6.07 Å². The number of morpholine rings is 1. The predicted octanol–water partition coefficient (Wildman–Crippen LogP) is -0.245. The Kier molecular flexibility index (Phi) is 4.39.